The molecule has 2 rings (SSSR count). The zero-order chi connectivity index (χ0) is 9.97. The zero-order valence-corrected chi connectivity index (χ0v) is 8.63. The molecule has 0 bridgehead atoms. The van der Waals surface area contributed by atoms with Gasteiger partial charge in [0.15, 0.2) is 0 Å². The highest BCUT2D eigenvalue weighted by molar-refractivity contribution is 5.81. The van der Waals surface area contributed by atoms with Crippen LogP contribution in [0.15, 0.2) is 28.9 Å². The molecule has 2 nitrogen and oxygen atoms in total. The topological polar surface area (TPSA) is 25.2 Å². The van der Waals surface area contributed by atoms with E-state index in [0.29, 0.717) is 0 Å². The predicted octanol–water partition coefficient (Wildman–Crippen LogP) is 2.85. The molecular weight excluding hydrogens is 174 g/mol. The summed E-state index contributed by atoms with van der Waals surface area (Å²) in [6.45, 7) is 6.07. The van der Waals surface area contributed by atoms with Gasteiger partial charge in [-0.15, -0.1) is 0 Å². The third kappa shape index (κ3) is 1.66. The first-order chi connectivity index (χ1) is 6.81. The summed E-state index contributed by atoms with van der Waals surface area (Å²) in [6, 6.07) is 6.27. The van der Waals surface area contributed by atoms with E-state index in [0.717, 1.165) is 18.7 Å². The van der Waals surface area contributed by atoms with Crippen molar-refractivity contribution in [3.8, 4) is 0 Å². The Morgan fingerprint density at radius 2 is 2.21 bits per heavy atom. The Morgan fingerprint density at radius 3 is 3.00 bits per heavy atom. The fourth-order valence-corrected chi connectivity index (χ4v) is 1.59. The quantitative estimate of drug-likeness (QED) is 0.803. The van der Waals surface area contributed by atoms with Crippen molar-refractivity contribution in [3.05, 3.63) is 35.6 Å². The van der Waals surface area contributed by atoms with Crippen molar-refractivity contribution in [1.82, 2.24) is 5.32 Å². The number of nitrogens with one attached hydrogen (secondary N) is 1. The Hall–Kier alpha value is -1.28. The van der Waals surface area contributed by atoms with Gasteiger partial charge >= 0.3 is 0 Å². The molecule has 0 aliphatic rings. The van der Waals surface area contributed by atoms with Crippen molar-refractivity contribution >= 4 is 11.0 Å². The van der Waals surface area contributed by atoms with Crippen LogP contribution in [0.1, 0.15) is 18.1 Å². The van der Waals surface area contributed by atoms with Crippen molar-refractivity contribution in [2.75, 3.05) is 6.54 Å². The van der Waals surface area contributed by atoms with Crippen molar-refractivity contribution in [2.45, 2.75) is 20.4 Å². The summed E-state index contributed by atoms with van der Waals surface area (Å²) in [5.41, 5.74) is 3.49. The highest BCUT2D eigenvalue weighted by Gasteiger charge is 2.04. The minimum atomic E-state index is 0.882. The Balaban J connectivity index is 2.40. The first kappa shape index (κ1) is 9.28. The second-order valence-corrected chi connectivity index (χ2v) is 3.54. The second kappa shape index (κ2) is 3.84. The van der Waals surface area contributed by atoms with Gasteiger partial charge in [-0.05, 0) is 25.6 Å². The number of hydrogen-bond donors (Lipinski definition) is 1. The average molecular weight is 189 g/mol. The molecule has 14 heavy (non-hydrogen) atoms. The van der Waals surface area contributed by atoms with E-state index in [9.17, 15) is 0 Å². The van der Waals surface area contributed by atoms with Gasteiger partial charge in [-0.25, -0.2) is 0 Å². The number of fused-ring (bicyclic) bond motifs is 1. The van der Waals surface area contributed by atoms with Gasteiger partial charge in [0.05, 0.1) is 6.26 Å². The van der Waals surface area contributed by atoms with Crippen LogP contribution >= 0.6 is 0 Å². The molecule has 0 saturated heterocycles. The van der Waals surface area contributed by atoms with Crippen LogP contribution in [0.2, 0.25) is 0 Å². The van der Waals surface area contributed by atoms with Gasteiger partial charge in [0, 0.05) is 17.5 Å². The molecule has 0 aliphatic heterocycles. The fraction of sp³-hybridized carbons (Fsp3) is 0.333. The van der Waals surface area contributed by atoms with E-state index in [-0.39, 0.29) is 0 Å². The summed E-state index contributed by atoms with van der Waals surface area (Å²) in [5, 5.41) is 4.53. The van der Waals surface area contributed by atoms with Gasteiger partial charge in [-0.1, -0.05) is 18.6 Å². The Morgan fingerprint density at radius 1 is 1.36 bits per heavy atom. The lowest BCUT2D eigenvalue weighted by atomic mass is 10.1. The smallest absolute Gasteiger partial charge is 0.134 e. The molecule has 0 amide bonds. The van der Waals surface area contributed by atoms with Crippen LogP contribution in [0.25, 0.3) is 11.0 Å². The second-order valence-electron chi connectivity index (χ2n) is 3.54. The summed E-state index contributed by atoms with van der Waals surface area (Å²) in [4.78, 5) is 0. The van der Waals surface area contributed by atoms with E-state index in [4.69, 9.17) is 4.42 Å². The molecule has 0 aliphatic carbocycles. The number of furan rings is 1. The third-order valence-corrected chi connectivity index (χ3v) is 2.37. The van der Waals surface area contributed by atoms with E-state index in [1.165, 1.54) is 16.5 Å². The summed E-state index contributed by atoms with van der Waals surface area (Å²) in [6.07, 6.45) is 1.84. The van der Waals surface area contributed by atoms with E-state index < -0.39 is 0 Å². The SMILES string of the molecule is CCNCc1coc2ccc(C)cc12. The maximum absolute atomic E-state index is 5.46. The molecular formula is C12H15NO. The minimum absolute atomic E-state index is 0.882. The monoisotopic (exact) mass is 189 g/mol. The minimum Gasteiger partial charge on any atom is -0.464 e. The van der Waals surface area contributed by atoms with Crippen LogP contribution in [0, 0.1) is 6.92 Å². The Kier molecular flexibility index (Phi) is 2.55. The lowest BCUT2D eigenvalue weighted by Crippen LogP contribution is -2.11. The van der Waals surface area contributed by atoms with Crippen LogP contribution in [0.4, 0.5) is 0 Å². The van der Waals surface area contributed by atoms with Gasteiger partial charge in [-0.2, -0.15) is 0 Å². The molecule has 1 aromatic heterocycles. The Bertz CT molecular complexity index is 431. The summed E-state index contributed by atoms with van der Waals surface area (Å²) in [5.74, 6) is 0. The maximum Gasteiger partial charge on any atom is 0.134 e. The largest absolute Gasteiger partial charge is 0.464 e. The van der Waals surface area contributed by atoms with Gasteiger partial charge in [0.2, 0.25) is 0 Å². The van der Waals surface area contributed by atoms with Gasteiger partial charge in [0.1, 0.15) is 5.58 Å². The van der Waals surface area contributed by atoms with Crippen molar-refractivity contribution in [2.24, 2.45) is 0 Å². The third-order valence-electron chi connectivity index (χ3n) is 2.37. The van der Waals surface area contributed by atoms with E-state index in [1.54, 1.807) is 0 Å². The van der Waals surface area contributed by atoms with Crippen molar-refractivity contribution < 1.29 is 4.42 Å². The molecule has 0 radical (unpaired) electrons. The molecule has 1 aromatic carbocycles. The van der Waals surface area contributed by atoms with E-state index in [1.807, 2.05) is 12.3 Å². The number of rotatable bonds is 3. The lowest BCUT2D eigenvalue weighted by Gasteiger charge is -1.98. The van der Waals surface area contributed by atoms with Crippen molar-refractivity contribution in [1.29, 1.82) is 0 Å². The summed E-state index contributed by atoms with van der Waals surface area (Å²) >= 11 is 0. The standard InChI is InChI=1S/C12H15NO/c1-3-13-7-10-8-14-12-5-4-9(2)6-11(10)12/h4-6,8,13H,3,7H2,1-2H3. The normalized spacial score (nSPS) is 11.0. The molecule has 0 saturated carbocycles. The van der Waals surface area contributed by atoms with E-state index in [2.05, 4.69) is 31.3 Å². The maximum atomic E-state index is 5.46. The predicted molar refractivity (Wildman–Crippen MR) is 58.3 cm³/mol. The summed E-state index contributed by atoms with van der Waals surface area (Å²) in [7, 11) is 0. The van der Waals surface area contributed by atoms with Crippen LogP contribution < -0.4 is 5.32 Å². The van der Waals surface area contributed by atoms with Gasteiger partial charge in [-0.3, -0.25) is 0 Å². The molecule has 1 heterocycles. The van der Waals surface area contributed by atoms with Crippen LogP contribution in [0.3, 0.4) is 0 Å². The Labute approximate surface area is 83.9 Å². The molecule has 0 unspecified atom stereocenters. The molecule has 0 atom stereocenters. The molecule has 2 heteroatoms. The van der Waals surface area contributed by atoms with Crippen LogP contribution in [0.5, 0.6) is 0 Å². The van der Waals surface area contributed by atoms with Gasteiger partial charge < -0.3 is 9.73 Å². The van der Waals surface area contributed by atoms with E-state index >= 15 is 0 Å². The lowest BCUT2D eigenvalue weighted by molar-refractivity contribution is 0.604. The number of hydrogen-bond acceptors (Lipinski definition) is 2. The van der Waals surface area contributed by atoms with Crippen LogP contribution in [-0.2, 0) is 6.54 Å². The molecule has 2 aromatic rings. The fourth-order valence-electron chi connectivity index (χ4n) is 1.59. The highest BCUT2D eigenvalue weighted by atomic mass is 16.3. The molecule has 0 fully saturated rings. The van der Waals surface area contributed by atoms with Crippen LogP contribution in [-0.4, -0.2) is 6.54 Å². The highest BCUT2D eigenvalue weighted by Crippen LogP contribution is 2.21. The summed E-state index contributed by atoms with van der Waals surface area (Å²) < 4.78 is 5.46. The van der Waals surface area contributed by atoms with Crippen molar-refractivity contribution in [3.63, 3.8) is 0 Å². The average Bonchev–Trinajstić information content (AvgIpc) is 2.57. The number of aryl methyl sites for hydroxylation is 1. The first-order valence-corrected chi connectivity index (χ1v) is 4.98. The van der Waals surface area contributed by atoms with Gasteiger partial charge in [0.25, 0.3) is 0 Å². The first-order valence-electron chi connectivity index (χ1n) is 4.98. The zero-order valence-electron chi connectivity index (χ0n) is 8.63. The molecule has 1 N–H and O–H groups in total. The molecule has 0 spiro atoms. The number of benzene rings is 1. The molecule has 74 valence electrons.